The molecule has 3 N–H and O–H groups in total. The van der Waals surface area contributed by atoms with Crippen molar-refractivity contribution < 1.29 is 9.50 Å². The first kappa shape index (κ1) is 20.6. The molecule has 2 heterocycles. The maximum Gasteiger partial charge on any atom is 0.209 e. The van der Waals surface area contributed by atoms with Crippen molar-refractivity contribution in [1.82, 2.24) is 19.5 Å². The lowest BCUT2D eigenvalue weighted by atomic mass is 9.98. The van der Waals surface area contributed by atoms with Crippen LogP contribution in [-0.4, -0.2) is 30.2 Å². The highest BCUT2D eigenvalue weighted by Gasteiger charge is 2.19. The number of anilines is 1. The molecule has 2 aromatic heterocycles. The van der Waals surface area contributed by atoms with E-state index in [9.17, 15) is 9.50 Å². The first-order valence-corrected chi connectivity index (χ1v) is 8.38. The number of aromatic nitrogens is 4. The number of nitrogens with two attached hydrogens (primary N) is 1. The first-order valence-electron chi connectivity index (χ1n) is 8.38. The molecular formula is C19H21ClFN5O. The van der Waals surface area contributed by atoms with Crippen molar-refractivity contribution in [2.75, 3.05) is 5.73 Å². The highest BCUT2D eigenvalue weighted by atomic mass is 35.5. The summed E-state index contributed by atoms with van der Waals surface area (Å²) in [6.07, 6.45) is 1.01. The number of nitrogens with zero attached hydrogens (tertiary/aromatic N) is 4. The fourth-order valence-corrected chi connectivity index (χ4v) is 2.62. The molecule has 0 saturated heterocycles. The van der Waals surface area contributed by atoms with Gasteiger partial charge in [-0.1, -0.05) is 31.9 Å². The minimum Gasteiger partial charge on any atom is -0.382 e. The molecule has 0 fully saturated rings. The molecule has 0 amide bonds. The molecule has 0 radical (unpaired) electrons. The van der Waals surface area contributed by atoms with Crippen molar-refractivity contribution in [2.45, 2.75) is 32.3 Å². The lowest BCUT2D eigenvalue weighted by Gasteiger charge is -2.16. The van der Waals surface area contributed by atoms with Gasteiger partial charge in [-0.2, -0.15) is 0 Å². The predicted octanol–water partition coefficient (Wildman–Crippen LogP) is 3.08. The highest BCUT2D eigenvalue weighted by Crippen LogP contribution is 2.25. The largest absolute Gasteiger partial charge is 0.382 e. The van der Waals surface area contributed by atoms with Gasteiger partial charge in [-0.15, -0.1) is 12.4 Å². The molecule has 0 saturated carbocycles. The van der Waals surface area contributed by atoms with Crippen LogP contribution in [0.1, 0.15) is 32.5 Å². The zero-order chi connectivity index (χ0) is 18.9. The van der Waals surface area contributed by atoms with Gasteiger partial charge in [-0.25, -0.2) is 19.3 Å². The van der Waals surface area contributed by atoms with Crippen LogP contribution in [0.4, 0.5) is 10.2 Å². The Morgan fingerprint density at radius 3 is 2.56 bits per heavy atom. The van der Waals surface area contributed by atoms with Crippen LogP contribution in [0.5, 0.6) is 0 Å². The number of benzene rings is 1. The van der Waals surface area contributed by atoms with E-state index in [4.69, 9.17) is 5.73 Å². The van der Waals surface area contributed by atoms with Gasteiger partial charge >= 0.3 is 0 Å². The third-order valence-electron chi connectivity index (χ3n) is 4.41. The molecule has 142 valence electrons. The zero-order valence-electron chi connectivity index (χ0n) is 15.3. The summed E-state index contributed by atoms with van der Waals surface area (Å²) in [6.45, 7) is 3.73. The van der Waals surface area contributed by atoms with Crippen molar-refractivity contribution in [3.8, 4) is 23.2 Å². The summed E-state index contributed by atoms with van der Waals surface area (Å²) in [7, 11) is 1.77. The summed E-state index contributed by atoms with van der Waals surface area (Å²) in [4.78, 5) is 13.0. The molecule has 27 heavy (non-hydrogen) atoms. The Kier molecular flexibility index (Phi) is 6.04. The number of rotatable bonds is 3. The van der Waals surface area contributed by atoms with Crippen LogP contribution < -0.4 is 5.73 Å². The number of imidazole rings is 1. The van der Waals surface area contributed by atoms with Gasteiger partial charge in [-0.3, -0.25) is 0 Å². The Hall–Kier alpha value is -2.69. The lowest BCUT2D eigenvalue weighted by molar-refractivity contribution is 0.0931. The van der Waals surface area contributed by atoms with Crippen molar-refractivity contribution in [2.24, 2.45) is 7.05 Å². The van der Waals surface area contributed by atoms with Crippen LogP contribution in [0.2, 0.25) is 0 Å². The number of aliphatic hydroxyl groups is 1. The summed E-state index contributed by atoms with van der Waals surface area (Å²) < 4.78 is 15.3. The molecule has 0 spiro atoms. The van der Waals surface area contributed by atoms with E-state index in [1.54, 1.807) is 23.7 Å². The molecule has 0 bridgehead atoms. The molecule has 0 atom stereocenters. The Balaban J connectivity index is 0.00000261. The maximum absolute atomic E-state index is 13.5. The molecular weight excluding hydrogens is 369 g/mol. The van der Waals surface area contributed by atoms with Crippen LogP contribution >= 0.6 is 12.4 Å². The standard InChI is InChI=1S/C19H20FN5O.ClH/c1-4-19(26,5-2)10-9-14-22-16(21)15-18(23-14)25(3)17(24-15)12-7-6-8-13(20)11-12;/h6-8,11,26H,4-5H2,1-3H3,(H2,21,22,23);1H. The number of nitrogen functional groups attached to an aromatic ring is 1. The summed E-state index contributed by atoms with van der Waals surface area (Å²) in [5.41, 5.74) is 6.48. The number of hydrogen-bond donors (Lipinski definition) is 2. The second-order valence-electron chi connectivity index (χ2n) is 6.10. The van der Waals surface area contributed by atoms with Gasteiger partial charge in [-0.05, 0) is 30.9 Å². The average molecular weight is 390 g/mol. The second-order valence-corrected chi connectivity index (χ2v) is 6.10. The van der Waals surface area contributed by atoms with Gasteiger partial charge in [0.05, 0.1) is 0 Å². The van der Waals surface area contributed by atoms with E-state index in [0.29, 0.717) is 35.4 Å². The summed E-state index contributed by atoms with van der Waals surface area (Å²) >= 11 is 0. The van der Waals surface area contributed by atoms with E-state index in [2.05, 4.69) is 26.8 Å². The Labute approximate surface area is 163 Å². The number of aryl methyl sites for hydroxylation is 1. The molecule has 1 aromatic carbocycles. The minimum atomic E-state index is -1.08. The topological polar surface area (TPSA) is 89.9 Å². The van der Waals surface area contributed by atoms with E-state index < -0.39 is 5.60 Å². The quantitative estimate of drug-likeness (QED) is 0.672. The van der Waals surface area contributed by atoms with Crippen LogP contribution in [0.3, 0.4) is 0 Å². The average Bonchev–Trinajstić information content (AvgIpc) is 2.97. The van der Waals surface area contributed by atoms with Gasteiger partial charge in [0.2, 0.25) is 5.82 Å². The Bertz CT molecular complexity index is 1030. The van der Waals surface area contributed by atoms with Gasteiger partial charge in [0.15, 0.2) is 17.0 Å². The third-order valence-corrected chi connectivity index (χ3v) is 4.41. The van der Waals surface area contributed by atoms with Gasteiger partial charge < -0.3 is 15.4 Å². The second kappa shape index (κ2) is 7.91. The Morgan fingerprint density at radius 2 is 1.93 bits per heavy atom. The molecule has 3 aromatic rings. The number of fused-ring (bicyclic) bond motifs is 1. The van der Waals surface area contributed by atoms with Crippen LogP contribution in [0.15, 0.2) is 24.3 Å². The highest BCUT2D eigenvalue weighted by molar-refractivity contribution is 5.86. The third kappa shape index (κ3) is 4.02. The van der Waals surface area contributed by atoms with Gasteiger partial charge in [0, 0.05) is 12.6 Å². The van der Waals surface area contributed by atoms with Crippen LogP contribution in [-0.2, 0) is 7.05 Å². The molecule has 3 rings (SSSR count). The number of hydrogen-bond acceptors (Lipinski definition) is 5. The fourth-order valence-electron chi connectivity index (χ4n) is 2.62. The summed E-state index contributed by atoms with van der Waals surface area (Å²) in [6, 6.07) is 6.15. The molecule has 0 aliphatic carbocycles. The van der Waals surface area contributed by atoms with E-state index >= 15 is 0 Å². The smallest absolute Gasteiger partial charge is 0.209 e. The zero-order valence-corrected chi connectivity index (χ0v) is 16.1. The van der Waals surface area contributed by atoms with Gasteiger partial charge in [0.1, 0.15) is 17.2 Å². The van der Waals surface area contributed by atoms with E-state index in [1.165, 1.54) is 12.1 Å². The predicted molar refractivity (Wildman–Crippen MR) is 106 cm³/mol. The van der Waals surface area contributed by atoms with Crippen LogP contribution in [0.25, 0.3) is 22.6 Å². The fraction of sp³-hybridized carbons (Fsp3) is 0.316. The maximum atomic E-state index is 13.5. The normalized spacial score (nSPS) is 11.0. The molecule has 6 nitrogen and oxygen atoms in total. The first-order chi connectivity index (χ1) is 12.4. The van der Waals surface area contributed by atoms with Crippen molar-refractivity contribution in [1.29, 1.82) is 0 Å². The summed E-state index contributed by atoms with van der Waals surface area (Å²) in [5, 5.41) is 10.3. The van der Waals surface area contributed by atoms with Crippen molar-refractivity contribution in [3.63, 3.8) is 0 Å². The van der Waals surface area contributed by atoms with Crippen LogP contribution in [0, 0.1) is 17.7 Å². The van der Waals surface area contributed by atoms with Crippen molar-refractivity contribution in [3.05, 3.63) is 35.9 Å². The number of halogens is 2. The molecule has 0 aliphatic rings. The monoisotopic (exact) mass is 389 g/mol. The molecule has 0 aliphatic heterocycles. The molecule has 8 heteroatoms. The van der Waals surface area contributed by atoms with E-state index in [0.717, 1.165) is 0 Å². The van der Waals surface area contributed by atoms with Gasteiger partial charge in [0.25, 0.3) is 0 Å². The van der Waals surface area contributed by atoms with Crippen molar-refractivity contribution >= 4 is 29.4 Å². The Morgan fingerprint density at radius 1 is 1.22 bits per heavy atom. The SMILES string of the molecule is CCC(O)(C#Cc1nc(N)c2nc(-c3cccc(F)c3)n(C)c2n1)CC.Cl. The summed E-state index contributed by atoms with van der Waals surface area (Å²) in [5.74, 6) is 6.20. The molecule has 0 unspecified atom stereocenters. The minimum absolute atomic E-state index is 0. The van der Waals surface area contributed by atoms with E-state index in [1.807, 2.05) is 13.8 Å². The lowest BCUT2D eigenvalue weighted by Crippen LogP contribution is -2.23. The van der Waals surface area contributed by atoms with E-state index in [-0.39, 0.29) is 29.9 Å².